The molecular formula is C8H15NO2S. The van der Waals surface area contributed by atoms with Gasteiger partial charge in [0.15, 0.2) is 0 Å². The van der Waals surface area contributed by atoms with Gasteiger partial charge in [0, 0.05) is 12.3 Å². The summed E-state index contributed by atoms with van der Waals surface area (Å²) >= 11 is 1.20. The van der Waals surface area contributed by atoms with E-state index in [-0.39, 0.29) is 5.24 Å². The highest BCUT2D eigenvalue weighted by Crippen LogP contribution is 2.22. The molecule has 1 fully saturated rings. The Balaban J connectivity index is 2.34. The van der Waals surface area contributed by atoms with Crippen molar-refractivity contribution in [2.24, 2.45) is 5.92 Å². The maximum Gasteiger partial charge on any atom is 0.283 e. The summed E-state index contributed by atoms with van der Waals surface area (Å²) in [6, 6.07) is 0. The first-order valence-corrected chi connectivity index (χ1v) is 5.21. The van der Waals surface area contributed by atoms with Gasteiger partial charge < -0.3 is 10.0 Å². The van der Waals surface area contributed by atoms with Gasteiger partial charge in [0.25, 0.3) is 5.24 Å². The van der Waals surface area contributed by atoms with E-state index >= 15 is 0 Å². The van der Waals surface area contributed by atoms with Gasteiger partial charge >= 0.3 is 0 Å². The number of amides is 1. The highest BCUT2D eigenvalue weighted by atomic mass is 32.2. The topological polar surface area (TPSA) is 40.5 Å². The molecule has 1 amide bonds. The average molecular weight is 189 g/mol. The van der Waals surface area contributed by atoms with Gasteiger partial charge in [-0.25, -0.2) is 0 Å². The molecule has 3 nitrogen and oxygen atoms in total. The van der Waals surface area contributed by atoms with E-state index in [9.17, 15) is 9.90 Å². The van der Waals surface area contributed by atoms with Crippen molar-refractivity contribution in [1.29, 1.82) is 0 Å². The summed E-state index contributed by atoms with van der Waals surface area (Å²) in [5, 5.41) is 9.37. The minimum atomic E-state index is -0.554. The molecule has 0 spiro atoms. The number of aliphatic hydroxyl groups excluding tert-OH is 1. The van der Waals surface area contributed by atoms with Gasteiger partial charge in [-0.2, -0.15) is 0 Å². The maximum atomic E-state index is 11.1. The molecule has 1 N–H and O–H groups in total. The smallest absolute Gasteiger partial charge is 0.283 e. The number of nitrogens with zero attached hydrogens (tertiary/aromatic N) is 1. The lowest BCUT2D eigenvalue weighted by molar-refractivity contribution is 0.0631. The van der Waals surface area contributed by atoms with Crippen LogP contribution in [-0.4, -0.2) is 33.8 Å². The van der Waals surface area contributed by atoms with Crippen molar-refractivity contribution in [2.75, 3.05) is 12.3 Å². The highest BCUT2D eigenvalue weighted by molar-refractivity contribution is 8.13. The second-order valence-corrected chi connectivity index (χ2v) is 4.40. The van der Waals surface area contributed by atoms with Crippen LogP contribution in [0.2, 0.25) is 0 Å². The molecule has 4 heteroatoms. The van der Waals surface area contributed by atoms with Crippen molar-refractivity contribution in [3.05, 3.63) is 0 Å². The van der Waals surface area contributed by atoms with Crippen LogP contribution in [0.1, 0.15) is 20.3 Å². The number of carbonyl (C=O) groups excluding carboxylic acids is 1. The Morgan fingerprint density at radius 2 is 2.42 bits per heavy atom. The second-order valence-electron chi connectivity index (χ2n) is 3.43. The first-order chi connectivity index (χ1) is 5.61. The van der Waals surface area contributed by atoms with E-state index in [1.165, 1.54) is 11.8 Å². The van der Waals surface area contributed by atoms with Crippen molar-refractivity contribution < 1.29 is 9.90 Å². The van der Waals surface area contributed by atoms with Gasteiger partial charge in [-0.1, -0.05) is 25.6 Å². The Morgan fingerprint density at radius 3 is 2.83 bits per heavy atom. The predicted molar refractivity (Wildman–Crippen MR) is 50.0 cm³/mol. The number of aliphatic hydroxyl groups is 1. The summed E-state index contributed by atoms with van der Waals surface area (Å²) in [4.78, 5) is 12.7. The molecular weight excluding hydrogens is 174 g/mol. The number of rotatable bonds is 3. The average Bonchev–Trinajstić information content (AvgIpc) is 2.28. The molecule has 1 unspecified atom stereocenters. The molecule has 0 aromatic heterocycles. The van der Waals surface area contributed by atoms with E-state index < -0.39 is 6.23 Å². The van der Waals surface area contributed by atoms with Gasteiger partial charge in [-0.3, -0.25) is 4.79 Å². The number of thioether (sulfide) groups is 1. The fourth-order valence-electron chi connectivity index (χ4n) is 1.08. The lowest BCUT2D eigenvalue weighted by atomic mass is 10.1. The van der Waals surface area contributed by atoms with Crippen LogP contribution >= 0.6 is 11.8 Å². The van der Waals surface area contributed by atoms with E-state index in [0.29, 0.717) is 18.2 Å². The van der Waals surface area contributed by atoms with Gasteiger partial charge in [-0.05, 0) is 12.3 Å². The molecule has 0 bridgehead atoms. The van der Waals surface area contributed by atoms with Crippen molar-refractivity contribution in [3.63, 3.8) is 0 Å². The molecule has 1 rings (SSSR count). The molecule has 1 aliphatic rings. The molecule has 0 aromatic rings. The third-order valence-corrected chi connectivity index (χ3v) is 2.84. The molecule has 1 aliphatic heterocycles. The van der Waals surface area contributed by atoms with E-state index in [1.54, 1.807) is 4.90 Å². The van der Waals surface area contributed by atoms with Crippen molar-refractivity contribution in [3.8, 4) is 0 Å². The Hall–Kier alpha value is -0.220. The summed E-state index contributed by atoms with van der Waals surface area (Å²) in [5.41, 5.74) is 0. The summed E-state index contributed by atoms with van der Waals surface area (Å²) in [6.07, 6.45) is 0.407. The molecule has 1 atom stereocenters. The summed E-state index contributed by atoms with van der Waals surface area (Å²) in [7, 11) is 0. The lowest BCUT2D eigenvalue weighted by Crippen LogP contribution is -2.34. The van der Waals surface area contributed by atoms with Crippen LogP contribution in [0.15, 0.2) is 0 Å². The van der Waals surface area contributed by atoms with Gasteiger partial charge in [0.05, 0.1) is 0 Å². The van der Waals surface area contributed by atoms with E-state index in [4.69, 9.17) is 0 Å². The van der Waals surface area contributed by atoms with Crippen LogP contribution in [0.4, 0.5) is 4.79 Å². The standard InChI is InChI=1S/C8H15NO2S/c1-6(2)3-4-9-7(10)5-12-8(9)11/h6-7,10H,3-5H2,1-2H3. The lowest BCUT2D eigenvalue weighted by Gasteiger charge is -2.19. The van der Waals surface area contributed by atoms with Crippen LogP contribution in [-0.2, 0) is 0 Å². The second kappa shape index (κ2) is 4.14. The quantitative estimate of drug-likeness (QED) is 0.731. The Kier molecular flexibility index (Phi) is 3.40. The van der Waals surface area contributed by atoms with Gasteiger partial charge in [0.1, 0.15) is 6.23 Å². The van der Waals surface area contributed by atoms with E-state index in [1.807, 2.05) is 0 Å². The van der Waals surface area contributed by atoms with Crippen LogP contribution < -0.4 is 0 Å². The molecule has 0 aromatic carbocycles. The van der Waals surface area contributed by atoms with Gasteiger partial charge in [0.2, 0.25) is 0 Å². The third-order valence-electron chi connectivity index (χ3n) is 1.90. The van der Waals surface area contributed by atoms with Crippen LogP contribution in [0.3, 0.4) is 0 Å². The first kappa shape index (κ1) is 9.86. The molecule has 12 heavy (non-hydrogen) atoms. The van der Waals surface area contributed by atoms with Crippen molar-refractivity contribution in [2.45, 2.75) is 26.5 Å². The zero-order valence-corrected chi connectivity index (χ0v) is 8.30. The van der Waals surface area contributed by atoms with Crippen molar-refractivity contribution >= 4 is 17.0 Å². The van der Waals surface area contributed by atoms with E-state index in [0.717, 1.165) is 6.42 Å². The monoisotopic (exact) mass is 189 g/mol. The highest BCUT2D eigenvalue weighted by Gasteiger charge is 2.29. The molecule has 70 valence electrons. The Morgan fingerprint density at radius 1 is 1.75 bits per heavy atom. The largest absolute Gasteiger partial charge is 0.373 e. The SMILES string of the molecule is CC(C)CCN1C(=O)SCC1O. The summed E-state index contributed by atoms with van der Waals surface area (Å²) in [6.45, 7) is 4.91. The van der Waals surface area contributed by atoms with Crippen LogP contribution in [0, 0.1) is 5.92 Å². The number of carbonyl (C=O) groups is 1. The molecule has 1 saturated heterocycles. The maximum absolute atomic E-state index is 11.1. The van der Waals surface area contributed by atoms with Crippen molar-refractivity contribution in [1.82, 2.24) is 4.90 Å². The fourth-order valence-corrected chi connectivity index (χ4v) is 1.93. The summed E-state index contributed by atoms with van der Waals surface area (Å²) < 4.78 is 0. The zero-order valence-electron chi connectivity index (χ0n) is 7.49. The number of hydrogen-bond acceptors (Lipinski definition) is 3. The molecule has 0 aliphatic carbocycles. The number of hydrogen-bond donors (Lipinski definition) is 1. The van der Waals surface area contributed by atoms with Gasteiger partial charge in [-0.15, -0.1) is 0 Å². The minimum absolute atomic E-state index is 0.0168. The summed E-state index contributed by atoms with van der Waals surface area (Å²) in [5.74, 6) is 1.10. The third kappa shape index (κ3) is 2.38. The molecule has 1 heterocycles. The zero-order chi connectivity index (χ0) is 9.14. The minimum Gasteiger partial charge on any atom is -0.373 e. The van der Waals surface area contributed by atoms with Crippen LogP contribution in [0.5, 0.6) is 0 Å². The molecule has 0 radical (unpaired) electrons. The van der Waals surface area contributed by atoms with Crippen LogP contribution in [0.25, 0.3) is 0 Å². The predicted octanol–water partition coefficient (Wildman–Crippen LogP) is 1.52. The fraction of sp³-hybridized carbons (Fsp3) is 0.875. The first-order valence-electron chi connectivity index (χ1n) is 4.22. The van der Waals surface area contributed by atoms with E-state index in [2.05, 4.69) is 13.8 Å². The molecule has 0 saturated carbocycles. The Labute approximate surface area is 77.1 Å². The Bertz CT molecular complexity index is 172. The normalized spacial score (nSPS) is 24.2.